The summed E-state index contributed by atoms with van der Waals surface area (Å²) < 4.78 is 5.55. The summed E-state index contributed by atoms with van der Waals surface area (Å²) in [5, 5.41) is 6.40. The second kappa shape index (κ2) is 5.26. The number of halogens is 1. The van der Waals surface area contributed by atoms with Gasteiger partial charge >= 0.3 is 0 Å². The molecule has 18 heavy (non-hydrogen) atoms. The van der Waals surface area contributed by atoms with Crippen molar-refractivity contribution in [3.05, 3.63) is 28.8 Å². The number of amides is 1. The Balaban J connectivity index is 1.88. The van der Waals surface area contributed by atoms with Crippen molar-refractivity contribution in [2.24, 2.45) is 0 Å². The van der Waals surface area contributed by atoms with Gasteiger partial charge in [-0.2, -0.15) is 0 Å². The maximum absolute atomic E-state index is 11.7. The molecule has 98 valence electrons. The van der Waals surface area contributed by atoms with Crippen LogP contribution in [0.2, 0.25) is 5.02 Å². The normalized spacial score (nSPS) is 17.1. The molecule has 0 aliphatic carbocycles. The molecule has 1 amide bonds. The van der Waals surface area contributed by atoms with Crippen LogP contribution in [0.4, 0.5) is 5.69 Å². The summed E-state index contributed by atoms with van der Waals surface area (Å²) >= 11 is 6.00. The largest absolute Gasteiger partial charge is 0.363 e. The minimum Gasteiger partial charge on any atom is -0.363 e. The van der Waals surface area contributed by atoms with Gasteiger partial charge in [0.1, 0.15) is 6.61 Å². The van der Waals surface area contributed by atoms with E-state index in [-0.39, 0.29) is 18.1 Å². The summed E-state index contributed by atoms with van der Waals surface area (Å²) in [6.07, 6.45) is 0. The van der Waals surface area contributed by atoms with Crippen molar-refractivity contribution in [2.45, 2.75) is 19.4 Å². The summed E-state index contributed by atoms with van der Waals surface area (Å²) in [6, 6.07) is 5.51. The fourth-order valence-electron chi connectivity index (χ4n) is 1.74. The molecule has 0 aromatic heterocycles. The zero-order valence-electron chi connectivity index (χ0n) is 10.5. The minimum atomic E-state index is -0.215. The average molecular weight is 269 g/mol. The van der Waals surface area contributed by atoms with Crippen LogP contribution in [0.3, 0.4) is 0 Å². The number of ether oxygens (including phenoxy) is 1. The van der Waals surface area contributed by atoms with Gasteiger partial charge in [0.15, 0.2) is 0 Å². The number of anilines is 1. The lowest BCUT2D eigenvalue weighted by atomic mass is 10.0. The van der Waals surface area contributed by atoms with Crippen LogP contribution in [0.5, 0.6) is 0 Å². The summed E-state index contributed by atoms with van der Waals surface area (Å²) in [5.41, 5.74) is 1.46. The Labute approximate surface area is 112 Å². The van der Waals surface area contributed by atoms with Crippen molar-refractivity contribution in [3.8, 4) is 0 Å². The van der Waals surface area contributed by atoms with Crippen molar-refractivity contribution < 1.29 is 9.53 Å². The molecule has 1 aromatic carbocycles. The summed E-state index contributed by atoms with van der Waals surface area (Å²) in [6.45, 7) is 5.54. The van der Waals surface area contributed by atoms with Gasteiger partial charge in [-0.05, 0) is 31.5 Å². The molecule has 2 rings (SSSR count). The molecule has 0 atom stereocenters. The summed E-state index contributed by atoms with van der Waals surface area (Å²) in [4.78, 5) is 11.7. The molecule has 0 bridgehead atoms. The van der Waals surface area contributed by atoms with Crippen molar-refractivity contribution in [1.82, 2.24) is 5.32 Å². The van der Waals surface area contributed by atoms with Gasteiger partial charge in [0.25, 0.3) is 0 Å². The molecule has 0 radical (unpaired) electrons. The Kier molecular flexibility index (Phi) is 3.90. The SMILES string of the molecule is Cc1ccc(Cl)c(NC(=O)COC2(C)CNC2)c1. The highest BCUT2D eigenvalue weighted by Gasteiger charge is 2.33. The van der Waals surface area contributed by atoms with Crippen LogP contribution < -0.4 is 10.6 Å². The maximum atomic E-state index is 11.7. The molecule has 2 N–H and O–H groups in total. The molecule has 5 heteroatoms. The minimum absolute atomic E-state index is 0.0441. The fourth-order valence-corrected chi connectivity index (χ4v) is 1.90. The van der Waals surface area contributed by atoms with Crippen LogP contribution in [0.25, 0.3) is 0 Å². The topological polar surface area (TPSA) is 50.4 Å². The van der Waals surface area contributed by atoms with Crippen LogP contribution in [-0.2, 0) is 9.53 Å². The van der Waals surface area contributed by atoms with E-state index in [2.05, 4.69) is 10.6 Å². The van der Waals surface area contributed by atoms with E-state index in [1.54, 1.807) is 6.07 Å². The Morgan fingerprint density at radius 2 is 2.28 bits per heavy atom. The first-order chi connectivity index (χ1) is 8.48. The monoisotopic (exact) mass is 268 g/mol. The van der Waals surface area contributed by atoms with Crippen molar-refractivity contribution in [2.75, 3.05) is 25.0 Å². The predicted octanol–water partition coefficient (Wildman–Crippen LogP) is 1.97. The molecule has 4 nitrogen and oxygen atoms in total. The Morgan fingerprint density at radius 1 is 1.56 bits per heavy atom. The van der Waals surface area contributed by atoms with Crippen molar-refractivity contribution >= 4 is 23.2 Å². The summed E-state index contributed by atoms with van der Waals surface area (Å²) in [5.74, 6) is -0.185. The molecule has 1 aliphatic heterocycles. The van der Waals surface area contributed by atoms with E-state index in [1.807, 2.05) is 26.0 Å². The number of hydrogen-bond donors (Lipinski definition) is 2. The van der Waals surface area contributed by atoms with E-state index in [1.165, 1.54) is 0 Å². The third kappa shape index (κ3) is 3.22. The lowest BCUT2D eigenvalue weighted by Gasteiger charge is -2.38. The molecule has 1 heterocycles. The zero-order valence-corrected chi connectivity index (χ0v) is 11.3. The average Bonchev–Trinajstić information content (AvgIpc) is 2.29. The second-order valence-corrected chi connectivity index (χ2v) is 5.28. The van der Waals surface area contributed by atoms with E-state index in [9.17, 15) is 4.79 Å². The Hall–Kier alpha value is -1.10. The Bertz CT molecular complexity index is 458. The predicted molar refractivity (Wildman–Crippen MR) is 72.0 cm³/mol. The second-order valence-electron chi connectivity index (χ2n) is 4.87. The van der Waals surface area contributed by atoms with E-state index >= 15 is 0 Å². The lowest BCUT2D eigenvalue weighted by Crippen LogP contribution is -2.59. The number of carbonyl (C=O) groups is 1. The van der Waals surface area contributed by atoms with Gasteiger partial charge in [0, 0.05) is 13.1 Å². The molecular formula is C13H17ClN2O2. The molecule has 1 saturated heterocycles. The lowest BCUT2D eigenvalue weighted by molar-refractivity contribution is -0.130. The highest BCUT2D eigenvalue weighted by atomic mass is 35.5. The van der Waals surface area contributed by atoms with Gasteiger partial charge in [-0.25, -0.2) is 0 Å². The van der Waals surface area contributed by atoms with Gasteiger partial charge in [-0.1, -0.05) is 17.7 Å². The number of rotatable bonds is 4. The first-order valence-electron chi connectivity index (χ1n) is 5.89. The quantitative estimate of drug-likeness (QED) is 0.878. The first-order valence-corrected chi connectivity index (χ1v) is 6.27. The third-order valence-electron chi connectivity index (χ3n) is 2.95. The molecule has 0 spiro atoms. The van der Waals surface area contributed by atoms with E-state index in [0.717, 1.165) is 18.7 Å². The maximum Gasteiger partial charge on any atom is 0.250 e. The zero-order chi connectivity index (χ0) is 13.2. The number of aryl methyl sites for hydroxylation is 1. The number of hydrogen-bond acceptors (Lipinski definition) is 3. The van der Waals surface area contributed by atoms with Crippen LogP contribution in [0, 0.1) is 6.92 Å². The molecule has 0 unspecified atom stereocenters. The van der Waals surface area contributed by atoms with Gasteiger partial charge < -0.3 is 15.4 Å². The summed E-state index contributed by atoms with van der Waals surface area (Å²) in [7, 11) is 0. The highest BCUT2D eigenvalue weighted by molar-refractivity contribution is 6.33. The Morgan fingerprint density at radius 3 is 2.89 bits per heavy atom. The van der Waals surface area contributed by atoms with Crippen LogP contribution in [0.15, 0.2) is 18.2 Å². The fraction of sp³-hybridized carbons (Fsp3) is 0.462. The van der Waals surface area contributed by atoms with E-state index in [0.29, 0.717) is 10.7 Å². The molecule has 0 saturated carbocycles. The van der Waals surface area contributed by atoms with Gasteiger partial charge in [0.2, 0.25) is 5.91 Å². The van der Waals surface area contributed by atoms with Crippen LogP contribution >= 0.6 is 11.6 Å². The smallest absolute Gasteiger partial charge is 0.250 e. The van der Waals surface area contributed by atoms with Gasteiger partial charge in [0.05, 0.1) is 16.3 Å². The van der Waals surface area contributed by atoms with Crippen LogP contribution in [0.1, 0.15) is 12.5 Å². The van der Waals surface area contributed by atoms with E-state index < -0.39 is 0 Å². The van der Waals surface area contributed by atoms with Crippen LogP contribution in [-0.4, -0.2) is 31.2 Å². The molecule has 1 aromatic rings. The van der Waals surface area contributed by atoms with Gasteiger partial charge in [-0.3, -0.25) is 4.79 Å². The molecule has 1 fully saturated rings. The number of carbonyl (C=O) groups excluding carboxylic acids is 1. The number of benzene rings is 1. The standard InChI is InChI=1S/C13H17ClN2O2/c1-9-3-4-10(14)11(5-9)16-12(17)6-18-13(2)7-15-8-13/h3-5,15H,6-8H2,1-2H3,(H,16,17). The van der Waals surface area contributed by atoms with Crippen molar-refractivity contribution in [3.63, 3.8) is 0 Å². The first kappa shape index (κ1) is 13.3. The van der Waals surface area contributed by atoms with Crippen molar-refractivity contribution in [1.29, 1.82) is 0 Å². The molecule has 1 aliphatic rings. The van der Waals surface area contributed by atoms with Gasteiger partial charge in [-0.15, -0.1) is 0 Å². The highest BCUT2D eigenvalue weighted by Crippen LogP contribution is 2.23. The van der Waals surface area contributed by atoms with E-state index in [4.69, 9.17) is 16.3 Å². The number of nitrogens with one attached hydrogen (secondary N) is 2. The third-order valence-corrected chi connectivity index (χ3v) is 3.28. The molecular weight excluding hydrogens is 252 g/mol.